The molecule has 0 spiro atoms. The number of nitrogens with zero attached hydrogens (tertiary/aromatic N) is 1. The number of fused-ring (bicyclic) bond motifs is 2. The summed E-state index contributed by atoms with van der Waals surface area (Å²) >= 11 is 0. The first kappa shape index (κ1) is 17.7. The molecule has 27 heavy (non-hydrogen) atoms. The smallest absolute Gasteiger partial charge is 0.338 e. The maximum absolute atomic E-state index is 12.4. The van der Waals surface area contributed by atoms with E-state index in [0.717, 1.165) is 12.8 Å². The van der Waals surface area contributed by atoms with Crippen molar-refractivity contribution in [3.63, 3.8) is 0 Å². The number of hydrogen-bond donors (Lipinski definition) is 0. The number of ether oxygens (including phenoxy) is 2. The topological polar surface area (TPSA) is 55.8 Å². The molecule has 0 unspecified atom stereocenters. The van der Waals surface area contributed by atoms with E-state index in [1.165, 1.54) is 0 Å². The average Bonchev–Trinajstić information content (AvgIpc) is 2.87. The molecule has 2 heterocycles. The van der Waals surface area contributed by atoms with Crippen molar-refractivity contribution in [1.29, 1.82) is 0 Å². The largest absolute Gasteiger partial charge is 0.459 e. The summed E-state index contributed by atoms with van der Waals surface area (Å²) < 4.78 is 11.5. The summed E-state index contributed by atoms with van der Waals surface area (Å²) in [6, 6.07) is 18.4. The minimum absolute atomic E-state index is 0.0741. The standard InChI is InChI=1S/C22H23NO4/c1-23-17-12-18(26-21(24)15-8-4-2-5-9-15)14-19(23)20(13-17)27-22(25)16-10-6-3-7-11-16/h2-11,17-20H,12-14H2,1H3/t17-,18-,19+,20-/m0/s1. The van der Waals surface area contributed by atoms with E-state index in [1.807, 2.05) is 36.4 Å². The Morgan fingerprint density at radius 3 is 1.96 bits per heavy atom. The van der Waals surface area contributed by atoms with Crippen molar-refractivity contribution in [2.45, 2.75) is 43.6 Å². The van der Waals surface area contributed by atoms with Gasteiger partial charge in [0.2, 0.25) is 0 Å². The van der Waals surface area contributed by atoms with Crippen LogP contribution in [0.25, 0.3) is 0 Å². The zero-order valence-corrected chi connectivity index (χ0v) is 15.3. The van der Waals surface area contributed by atoms with Gasteiger partial charge in [0.25, 0.3) is 0 Å². The Morgan fingerprint density at radius 2 is 1.37 bits per heavy atom. The van der Waals surface area contributed by atoms with Crippen LogP contribution in [0.1, 0.15) is 40.0 Å². The summed E-state index contributed by atoms with van der Waals surface area (Å²) in [5.74, 6) is -0.582. The third kappa shape index (κ3) is 3.74. The zero-order chi connectivity index (χ0) is 18.8. The molecule has 140 valence electrons. The molecule has 0 saturated carbocycles. The fourth-order valence-electron chi connectivity index (χ4n) is 4.17. The second-order valence-electron chi connectivity index (χ2n) is 7.30. The summed E-state index contributed by atoms with van der Waals surface area (Å²) in [6.45, 7) is 0. The lowest BCUT2D eigenvalue weighted by molar-refractivity contribution is -0.0152. The quantitative estimate of drug-likeness (QED) is 0.778. The highest BCUT2D eigenvalue weighted by Crippen LogP contribution is 2.38. The van der Waals surface area contributed by atoms with E-state index in [4.69, 9.17) is 9.47 Å². The van der Waals surface area contributed by atoms with E-state index in [2.05, 4.69) is 11.9 Å². The van der Waals surface area contributed by atoms with Gasteiger partial charge in [0.1, 0.15) is 12.2 Å². The molecule has 4 rings (SSSR count). The monoisotopic (exact) mass is 365 g/mol. The van der Waals surface area contributed by atoms with E-state index in [-0.39, 0.29) is 36.2 Å². The van der Waals surface area contributed by atoms with E-state index in [9.17, 15) is 9.59 Å². The van der Waals surface area contributed by atoms with E-state index >= 15 is 0 Å². The highest BCUT2D eigenvalue weighted by atomic mass is 16.6. The highest BCUT2D eigenvalue weighted by molar-refractivity contribution is 5.90. The van der Waals surface area contributed by atoms with Gasteiger partial charge < -0.3 is 9.47 Å². The van der Waals surface area contributed by atoms with E-state index in [1.54, 1.807) is 24.3 Å². The SMILES string of the molecule is CN1[C@H]2C[C@H](OC(=O)c3ccccc3)C[C@@H]1[C@@H](OC(=O)c1ccccc1)C2. The van der Waals surface area contributed by atoms with Gasteiger partial charge in [-0.3, -0.25) is 4.90 Å². The van der Waals surface area contributed by atoms with Crippen LogP contribution < -0.4 is 0 Å². The van der Waals surface area contributed by atoms with Crippen LogP contribution in [0.3, 0.4) is 0 Å². The van der Waals surface area contributed by atoms with Gasteiger partial charge in [0.05, 0.1) is 17.2 Å². The minimum atomic E-state index is -0.292. The Kier molecular flexibility index (Phi) is 4.94. The van der Waals surface area contributed by atoms with Crippen molar-refractivity contribution in [2.24, 2.45) is 0 Å². The van der Waals surface area contributed by atoms with Gasteiger partial charge in [-0.25, -0.2) is 9.59 Å². The van der Waals surface area contributed by atoms with E-state index in [0.29, 0.717) is 17.5 Å². The molecule has 0 N–H and O–H groups in total. The Morgan fingerprint density at radius 1 is 0.815 bits per heavy atom. The number of esters is 2. The Balaban J connectivity index is 1.40. The number of piperidine rings is 1. The lowest BCUT2D eigenvalue weighted by Crippen LogP contribution is -2.46. The molecule has 4 atom stereocenters. The number of likely N-dealkylation sites (N-methyl/N-ethyl adjacent to an activating group) is 1. The Bertz CT molecular complexity index is 806. The molecule has 2 aliphatic rings. The number of hydrogen-bond acceptors (Lipinski definition) is 5. The van der Waals surface area contributed by atoms with Crippen LogP contribution in [0.2, 0.25) is 0 Å². The van der Waals surface area contributed by atoms with Crippen LogP contribution in [0.15, 0.2) is 60.7 Å². The first-order chi connectivity index (χ1) is 13.1. The molecule has 2 aromatic carbocycles. The highest BCUT2D eigenvalue weighted by Gasteiger charge is 2.47. The molecule has 0 aromatic heterocycles. The molecular weight excluding hydrogens is 342 g/mol. The lowest BCUT2D eigenvalue weighted by atomic mass is 10.00. The maximum Gasteiger partial charge on any atom is 0.338 e. The third-order valence-corrected chi connectivity index (χ3v) is 5.62. The summed E-state index contributed by atoms with van der Waals surface area (Å²) in [5.41, 5.74) is 1.13. The van der Waals surface area contributed by atoms with Gasteiger partial charge in [-0.1, -0.05) is 36.4 Å². The summed E-state index contributed by atoms with van der Waals surface area (Å²) in [6.07, 6.45) is 1.90. The number of carbonyl (C=O) groups excluding carboxylic acids is 2. The van der Waals surface area contributed by atoms with Gasteiger partial charge in [0, 0.05) is 25.3 Å². The van der Waals surface area contributed by atoms with Crippen LogP contribution in [-0.4, -0.2) is 48.2 Å². The van der Waals surface area contributed by atoms with Crippen molar-refractivity contribution in [1.82, 2.24) is 4.90 Å². The van der Waals surface area contributed by atoms with Crippen LogP contribution in [0.5, 0.6) is 0 Å². The van der Waals surface area contributed by atoms with Gasteiger partial charge in [-0.15, -0.1) is 0 Å². The second kappa shape index (κ2) is 7.53. The van der Waals surface area contributed by atoms with Gasteiger partial charge in [0.15, 0.2) is 0 Å². The predicted octanol–water partition coefficient (Wildman–Crippen LogP) is 3.30. The minimum Gasteiger partial charge on any atom is -0.459 e. The maximum atomic E-state index is 12.4. The Labute approximate surface area is 158 Å². The second-order valence-corrected chi connectivity index (χ2v) is 7.30. The summed E-state index contributed by atoms with van der Waals surface area (Å²) in [7, 11) is 2.06. The van der Waals surface area contributed by atoms with Crippen molar-refractivity contribution in [3.05, 3.63) is 71.8 Å². The molecule has 0 aliphatic carbocycles. The first-order valence-electron chi connectivity index (χ1n) is 9.36. The molecule has 0 amide bonds. The molecule has 2 aromatic rings. The van der Waals surface area contributed by atoms with E-state index < -0.39 is 0 Å². The molecule has 2 saturated heterocycles. The predicted molar refractivity (Wildman–Crippen MR) is 100 cm³/mol. The molecule has 0 radical (unpaired) electrons. The van der Waals surface area contributed by atoms with Gasteiger partial charge in [-0.2, -0.15) is 0 Å². The third-order valence-electron chi connectivity index (χ3n) is 5.62. The average molecular weight is 365 g/mol. The molecule has 2 fully saturated rings. The zero-order valence-electron chi connectivity index (χ0n) is 15.3. The van der Waals surface area contributed by atoms with Crippen LogP contribution >= 0.6 is 0 Å². The van der Waals surface area contributed by atoms with Crippen molar-refractivity contribution in [2.75, 3.05) is 7.05 Å². The van der Waals surface area contributed by atoms with Crippen molar-refractivity contribution >= 4 is 11.9 Å². The first-order valence-corrected chi connectivity index (χ1v) is 9.36. The number of rotatable bonds is 4. The molecule has 5 heteroatoms. The Hall–Kier alpha value is -2.66. The fourth-order valence-corrected chi connectivity index (χ4v) is 4.17. The molecule has 2 aliphatic heterocycles. The summed E-state index contributed by atoms with van der Waals surface area (Å²) in [4.78, 5) is 27.0. The normalized spacial score (nSPS) is 27.1. The molecular formula is C22H23NO4. The van der Waals surface area contributed by atoms with Crippen molar-refractivity contribution in [3.8, 4) is 0 Å². The summed E-state index contributed by atoms with van der Waals surface area (Å²) in [5, 5.41) is 0. The van der Waals surface area contributed by atoms with Crippen LogP contribution in [-0.2, 0) is 9.47 Å². The van der Waals surface area contributed by atoms with Crippen LogP contribution in [0, 0.1) is 0 Å². The van der Waals surface area contributed by atoms with Gasteiger partial charge in [-0.05, 0) is 31.3 Å². The molecule has 5 nitrogen and oxygen atoms in total. The van der Waals surface area contributed by atoms with Gasteiger partial charge >= 0.3 is 11.9 Å². The molecule has 2 bridgehead atoms. The lowest BCUT2D eigenvalue weighted by Gasteiger charge is -2.36. The van der Waals surface area contributed by atoms with Crippen molar-refractivity contribution < 1.29 is 19.1 Å². The van der Waals surface area contributed by atoms with Crippen LogP contribution in [0.4, 0.5) is 0 Å². The number of benzene rings is 2. The number of carbonyl (C=O) groups is 2. The fraction of sp³-hybridized carbons (Fsp3) is 0.364.